The Balaban J connectivity index is 1.79. The molecule has 1 saturated heterocycles. The quantitative estimate of drug-likeness (QED) is 0.768. The molecule has 0 spiro atoms. The van der Waals surface area contributed by atoms with Crippen molar-refractivity contribution in [2.45, 2.75) is 31.5 Å². The Morgan fingerprint density at radius 2 is 1.96 bits per heavy atom. The number of aliphatic hydroxyl groups excluding tert-OH is 1. The van der Waals surface area contributed by atoms with Crippen molar-refractivity contribution in [1.82, 2.24) is 5.32 Å². The van der Waals surface area contributed by atoms with E-state index in [9.17, 15) is 23.1 Å². The van der Waals surface area contributed by atoms with E-state index in [-0.39, 0.29) is 18.2 Å². The SMILES string of the molecule is O=C(NCC[C@H](O)C1CCOCC1)Nc1ccccc1C(F)(F)F. The van der Waals surface area contributed by atoms with E-state index >= 15 is 0 Å². The first kappa shape index (κ1) is 18.5. The highest BCUT2D eigenvalue weighted by Crippen LogP contribution is 2.34. The lowest BCUT2D eigenvalue weighted by Crippen LogP contribution is -2.34. The van der Waals surface area contributed by atoms with Gasteiger partial charge in [0.25, 0.3) is 0 Å². The molecule has 0 aromatic heterocycles. The van der Waals surface area contributed by atoms with Crippen LogP contribution in [-0.4, -0.2) is 37.0 Å². The van der Waals surface area contributed by atoms with Gasteiger partial charge >= 0.3 is 12.2 Å². The minimum atomic E-state index is -4.54. The Kier molecular flexibility index (Phi) is 6.44. The number of hydrogen-bond acceptors (Lipinski definition) is 3. The Labute approximate surface area is 138 Å². The average Bonchev–Trinajstić information content (AvgIpc) is 2.55. The van der Waals surface area contributed by atoms with Crippen molar-refractivity contribution < 1.29 is 27.8 Å². The smallest absolute Gasteiger partial charge is 0.393 e. The highest BCUT2D eigenvalue weighted by molar-refractivity contribution is 5.90. The minimum Gasteiger partial charge on any atom is -0.393 e. The van der Waals surface area contributed by atoms with Crippen LogP contribution in [0.25, 0.3) is 0 Å². The topological polar surface area (TPSA) is 70.6 Å². The summed E-state index contributed by atoms with van der Waals surface area (Å²) in [5.74, 6) is 0.134. The summed E-state index contributed by atoms with van der Waals surface area (Å²) in [5.41, 5.74) is -1.20. The van der Waals surface area contributed by atoms with Crippen molar-refractivity contribution in [1.29, 1.82) is 0 Å². The lowest BCUT2D eigenvalue weighted by Gasteiger charge is -2.26. The molecule has 0 bridgehead atoms. The molecular formula is C16H21F3N2O3. The van der Waals surface area contributed by atoms with Crippen molar-refractivity contribution in [2.75, 3.05) is 25.1 Å². The van der Waals surface area contributed by atoms with Crippen LogP contribution in [0, 0.1) is 5.92 Å². The number of nitrogens with one attached hydrogen (secondary N) is 2. The van der Waals surface area contributed by atoms with Crippen molar-refractivity contribution in [3.05, 3.63) is 29.8 Å². The summed E-state index contributed by atoms with van der Waals surface area (Å²) in [7, 11) is 0. The summed E-state index contributed by atoms with van der Waals surface area (Å²) < 4.78 is 43.8. The van der Waals surface area contributed by atoms with Gasteiger partial charge in [0.05, 0.1) is 17.4 Å². The summed E-state index contributed by atoms with van der Waals surface area (Å²) in [4.78, 5) is 11.8. The normalized spacial score (nSPS) is 17.3. The molecule has 0 saturated carbocycles. The van der Waals surface area contributed by atoms with E-state index < -0.39 is 23.9 Å². The molecule has 0 radical (unpaired) electrons. The highest BCUT2D eigenvalue weighted by atomic mass is 19.4. The van der Waals surface area contributed by atoms with Crippen LogP contribution in [0.5, 0.6) is 0 Å². The van der Waals surface area contributed by atoms with Gasteiger partial charge in [-0.3, -0.25) is 0 Å². The third-order valence-corrected chi connectivity index (χ3v) is 4.02. The van der Waals surface area contributed by atoms with E-state index in [1.807, 2.05) is 0 Å². The van der Waals surface area contributed by atoms with Gasteiger partial charge in [0.15, 0.2) is 0 Å². The molecule has 8 heteroatoms. The second-order valence-corrected chi connectivity index (χ2v) is 5.73. The molecular weight excluding hydrogens is 325 g/mol. The lowest BCUT2D eigenvalue weighted by atomic mass is 9.92. The van der Waals surface area contributed by atoms with Crippen LogP contribution in [-0.2, 0) is 10.9 Å². The predicted molar refractivity (Wildman–Crippen MR) is 82.6 cm³/mol. The molecule has 1 aliphatic heterocycles. The number of carbonyl (C=O) groups is 1. The van der Waals surface area contributed by atoms with Gasteiger partial charge in [-0.05, 0) is 37.3 Å². The molecule has 1 atom stereocenters. The predicted octanol–water partition coefficient (Wildman–Crippen LogP) is 3.00. The number of para-hydroxylation sites is 1. The van der Waals surface area contributed by atoms with Crippen LogP contribution in [0.1, 0.15) is 24.8 Å². The number of hydrogen-bond donors (Lipinski definition) is 3. The largest absolute Gasteiger partial charge is 0.418 e. The molecule has 0 aliphatic carbocycles. The maximum atomic E-state index is 12.8. The number of aliphatic hydroxyl groups is 1. The van der Waals surface area contributed by atoms with Crippen molar-refractivity contribution in [3.63, 3.8) is 0 Å². The Morgan fingerprint density at radius 1 is 1.29 bits per heavy atom. The molecule has 2 rings (SSSR count). The van der Waals surface area contributed by atoms with Crippen molar-refractivity contribution in [2.24, 2.45) is 5.92 Å². The average molecular weight is 346 g/mol. The first-order valence-electron chi connectivity index (χ1n) is 7.85. The monoisotopic (exact) mass is 346 g/mol. The molecule has 1 aromatic carbocycles. The van der Waals surface area contributed by atoms with Gasteiger partial charge in [0, 0.05) is 19.8 Å². The lowest BCUT2D eigenvalue weighted by molar-refractivity contribution is -0.136. The molecule has 2 amide bonds. The van der Waals surface area contributed by atoms with Crippen LogP contribution in [0.2, 0.25) is 0 Å². The second kappa shape index (κ2) is 8.34. The van der Waals surface area contributed by atoms with Crippen LogP contribution in [0.15, 0.2) is 24.3 Å². The van der Waals surface area contributed by atoms with Gasteiger partial charge in [-0.2, -0.15) is 13.2 Å². The second-order valence-electron chi connectivity index (χ2n) is 5.73. The van der Waals surface area contributed by atoms with Crippen molar-refractivity contribution >= 4 is 11.7 Å². The molecule has 5 nitrogen and oxygen atoms in total. The molecule has 1 heterocycles. The Bertz CT molecular complexity index is 546. The number of halogens is 3. The Morgan fingerprint density at radius 3 is 2.62 bits per heavy atom. The van der Waals surface area contributed by atoms with E-state index in [2.05, 4.69) is 10.6 Å². The summed E-state index contributed by atoms with van der Waals surface area (Å²) in [5, 5.41) is 14.7. The number of ether oxygens (including phenoxy) is 1. The van der Waals surface area contributed by atoms with Gasteiger partial charge in [0.1, 0.15) is 0 Å². The highest BCUT2D eigenvalue weighted by Gasteiger charge is 2.33. The molecule has 1 fully saturated rings. The molecule has 1 aliphatic rings. The fourth-order valence-electron chi connectivity index (χ4n) is 2.68. The number of anilines is 1. The standard InChI is InChI=1S/C16H21F3N2O3/c17-16(18,19)12-3-1-2-4-13(12)21-15(23)20-8-5-14(22)11-6-9-24-10-7-11/h1-4,11,14,22H,5-10H2,(H2,20,21,23)/t14-/m0/s1. The van der Waals surface area contributed by atoms with Crippen LogP contribution >= 0.6 is 0 Å². The first-order valence-corrected chi connectivity index (χ1v) is 7.85. The third-order valence-electron chi connectivity index (χ3n) is 4.02. The van der Waals surface area contributed by atoms with E-state index in [4.69, 9.17) is 4.74 Å². The molecule has 1 aromatic rings. The van der Waals surface area contributed by atoms with Crippen LogP contribution in [0.3, 0.4) is 0 Å². The first-order chi connectivity index (χ1) is 11.4. The zero-order chi connectivity index (χ0) is 17.6. The van der Waals surface area contributed by atoms with Gasteiger partial charge in [-0.25, -0.2) is 4.79 Å². The van der Waals surface area contributed by atoms with Gasteiger partial charge in [-0.15, -0.1) is 0 Å². The number of carbonyl (C=O) groups excluding carboxylic acids is 1. The van der Waals surface area contributed by atoms with Gasteiger partial charge in [-0.1, -0.05) is 12.1 Å². The van der Waals surface area contributed by atoms with Gasteiger partial charge in [0.2, 0.25) is 0 Å². The van der Waals surface area contributed by atoms with E-state index in [1.165, 1.54) is 18.2 Å². The maximum Gasteiger partial charge on any atom is 0.418 e. The summed E-state index contributed by atoms with van der Waals surface area (Å²) in [6.45, 7) is 1.41. The number of benzene rings is 1. The summed E-state index contributed by atoms with van der Waals surface area (Å²) >= 11 is 0. The fraction of sp³-hybridized carbons (Fsp3) is 0.562. The maximum absolute atomic E-state index is 12.8. The van der Waals surface area contributed by atoms with E-state index in [0.29, 0.717) is 19.6 Å². The van der Waals surface area contributed by atoms with Crippen molar-refractivity contribution in [3.8, 4) is 0 Å². The van der Waals surface area contributed by atoms with Crippen LogP contribution in [0.4, 0.5) is 23.7 Å². The zero-order valence-electron chi connectivity index (χ0n) is 13.1. The number of alkyl halides is 3. The fourth-order valence-corrected chi connectivity index (χ4v) is 2.68. The third kappa shape index (κ3) is 5.38. The molecule has 24 heavy (non-hydrogen) atoms. The number of urea groups is 1. The summed E-state index contributed by atoms with van der Waals surface area (Å²) in [6.07, 6.45) is -3.21. The molecule has 3 N–H and O–H groups in total. The van der Waals surface area contributed by atoms with Crippen LogP contribution < -0.4 is 10.6 Å². The summed E-state index contributed by atoms with van der Waals surface area (Å²) in [6, 6.07) is 4.05. The minimum absolute atomic E-state index is 0.134. The van der Waals surface area contributed by atoms with E-state index in [1.54, 1.807) is 0 Å². The zero-order valence-corrected chi connectivity index (χ0v) is 13.1. The molecule has 134 valence electrons. The van der Waals surface area contributed by atoms with Gasteiger partial charge < -0.3 is 20.5 Å². The molecule has 0 unspecified atom stereocenters. The van der Waals surface area contributed by atoms with E-state index in [0.717, 1.165) is 18.9 Å². The number of amides is 2. The number of rotatable bonds is 5. The Hall–Kier alpha value is -1.80.